The van der Waals surface area contributed by atoms with Crippen molar-refractivity contribution in [3.8, 4) is 11.5 Å². The summed E-state index contributed by atoms with van der Waals surface area (Å²) in [6.07, 6.45) is 5.87. The molecule has 1 N–H and O–H groups in total. The third-order valence-corrected chi connectivity index (χ3v) is 5.24. The molecule has 1 aromatic heterocycles. The van der Waals surface area contributed by atoms with E-state index < -0.39 is 0 Å². The Kier molecular flexibility index (Phi) is 5.35. The van der Waals surface area contributed by atoms with Gasteiger partial charge in [-0.3, -0.25) is 4.79 Å². The van der Waals surface area contributed by atoms with E-state index in [9.17, 15) is 4.79 Å². The molecule has 1 saturated carbocycles. The molecule has 0 radical (unpaired) electrons. The predicted molar refractivity (Wildman–Crippen MR) is 100 cm³/mol. The van der Waals surface area contributed by atoms with Gasteiger partial charge in [0, 0.05) is 12.0 Å². The molecule has 1 aromatic carbocycles. The molecule has 2 aromatic rings. The number of amides is 1. The normalized spacial score (nSPS) is 15.5. The minimum atomic E-state index is -0.202. The van der Waals surface area contributed by atoms with Gasteiger partial charge in [-0.25, -0.2) is 0 Å². The van der Waals surface area contributed by atoms with Crippen molar-refractivity contribution in [3.05, 3.63) is 54.5 Å². The zero-order valence-electron chi connectivity index (χ0n) is 15.3. The number of hydrogen-bond acceptors (Lipinski definition) is 4. The molecule has 5 nitrogen and oxygen atoms in total. The minimum Gasteiger partial charge on any atom is -0.493 e. The van der Waals surface area contributed by atoms with E-state index in [1.54, 1.807) is 26.4 Å². The number of carbonyl (C=O) groups is 1. The molecule has 3 rings (SSSR count). The first-order chi connectivity index (χ1) is 12.6. The standard InChI is InChI=1S/C21H25NO4/c1-15(17-7-6-12-26-17)20(23)22-14-21(10-4-5-11-21)16-8-9-18(24-2)19(13-16)25-3/h6-9,12-13H,1,4-5,10-11,14H2,2-3H3,(H,22,23). The van der Waals surface area contributed by atoms with Crippen molar-refractivity contribution in [1.82, 2.24) is 5.32 Å². The van der Waals surface area contributed by atoms with Gasteiger partial charge in [0.25, 0.3) is 5.91 Å². The van der Waals surface area contributed by atoms with Crippen LogP contribution in [0.25, 0.3) is 5.57 Å². The van der Waals surface area contributed by atoms with E-state index in [4.69, 9.17) is 13.9 Å². The summed E-state index contributed by atoms with van der Waals surface area (Å²) in [5.41, 5.74) is 1.41. The van der Waals surface area contributed by atoms with Crippen LogP contribution in [-0.2, 0) is 10.2 Å². The maximum absolute atomic E-state index is 12.5. The number of carbonyl (C=O) groups excluding carboxylic acids is 1. The van der Waals surface area contributed by atoms with Gasteiger partial charge in [-0.1, -0.05) is 25.5 Å². The summed E-state index contributed by atoms with van der Waals surface area (Å²) >= 11 is 0. The smallest absolute Gasteiger partial charge is 0.254 e. The van der Waals surface area contributed by atoms with Crippen LogP contribution in [0, 0.1) is 0 Å². The van der Waals surface area contributed by atoms with E-state index in [2.05, 4.69) is 18.0 Å². The molecule has 0 atom stereocenters. The highest BCUT2D eigenvalue weighted by Crippen LogP contribution is 2.43. The largest absolute Gasteiger partial charge is 0.493 e. The molecule has 0 spiro atoms. The van der Waals surface area contributed by atoms with Gasteiger partial charge in [-0.15, -0.1) is 0 Å². The van der Waals surface area contributed by atoms with E-state index in [0.29, 0.717) is 29.4 Å². The first kappa shape index (κ1) is 18.1. The topological polar surface area (TPSA) is 60.7 Å². The van der Waals surface area contributed by atoms with Crippen molar-refractivity contribution in [1.29, 1.82) is 0 Å². The Balaban J connectivity index is 1.78. The van der Waals surface area contributed by atoms with Crippen LogP contribution in [0.2, 0.25) is 0 Å². The highest BCUT2D eigenvalue weighted by Gasteiger charge is 2.36. The summed E-state index contributed by atoms with van der Waals surface area (Å²) in [7, 11) is 3.27. The van der Waals surface area contributed by atoms with Crippen molar-refractivity contribution < 1.29 is 18.7 Å². The average Bonchev–Trinajstić information content (AvgIpc) is 3.37. The minimum absolute atomic E-state index is 0.0986. The Morgan fingerprint density at radius 3 is 2.54 bits per heavy atom. The van der Waals surface area contributed by atoms with Gasteiger partial charge in [0.2, 0.25) is 0 Å². The van der Waals surface area contributed by atoms with Crippen molar-refractivity contribution in [2.45, 2.75) is 31.1 Å². The van der Waals surface area contributed by atoms with Gasteiger partial charge < -0.3 is 19.2 Å². The second-order valence-electron chi connectivity index (χ2n) is 6.70. The molecule has 0 unspecified atom stereocenters. The van der Waals surface area contributed by atoms with Crippen LogP contribution >= 0.6 is 0 Å². The fraction of sp³-hybridized carbons (Fsp3) is 0.381. The molecule has 0 aliphatic heterocycles. The highest BCUT2D eigenvalue weighted by atomic mass is 16.5. The first-order valence-corrected chi connectivity index (χ1v) is 8.83. The van der Waals surface area contributed by atoms with E-state index in [1.807, 2.05) is 12.1 Å². The number of furan rings is 1. The van der Waals surface area contributed by atoms with Crippen LogP contribution in [0.4, 0.5) is 0 Å². The van der Waals surface area contributed by atoms with Crippen LogP contribution < -0.4 is 14.8 Å². The van der Waals surface area contributed by atoms with Gasteiger partial charge in [0.05, 0.1) is 26.1 Å². The predicted octanol–water partition coefficient (Wildman–Crippen LogP) is 3.94. The summed E-state index contributed by atoms with van der Waals surface area (Å²) in [5, 5.41) is 3.05. The molecule has 1 aliphatic rings. The van der Waals surface area contributed by atoms with E-state index in [1.165, 1.54) is 6.26 Å². The van der Waals surface area contributed by atoms with Crippen LogP contribution in [0.1, 0.15) is 37.0 Å². The molecule has 1 amide bonds. The van der Waals surface area contributed by atoms with Crippen molar-refractivity contribution in [2.75, 3.05) is 20.8 Å². The molecule has 26 heavy (non-hydrogen) atoms. The summed E-state index contributed by atoms with van der Waals surface area (Å²) in [6, 6.07) is 9.51. The Morgan fingerprint density at radius 1 is 1.19 bits per heavy atom. The lowest BCUT2D eigenvalue weighted by Crippen LogP contribution is -2.39. The molecular formula is C21H25NO4. The molecule has 1 aliphatic carbocycles. The fourth-order valence-electron chi connectivity index (χ4n) is 3.70. The van der Waals surface area contributed by atoms with Gasteiger partial charge in [-0.2, -0.15) is 0 Å². The number of ether oxygens (including phenoxy) is 2. The lowest BCUT2D eigenvalue weighted by Gasteiger charge is -2.30. The van der Waals surface area contributed by atoms with Crippen molar-refractivity contribution in [3.63, 3.8) is 0 Å². The fourth-order valence-corrected chi connectivity index (χ4v) is 3.70. The van der Waals surface area contributed by atoms with Gasteiger partial charge in [0.1, 0.15) is 5.76 Å². The van der Waals surface area contributed by atoms with Crippen LogP contribution in [0.15, 0.2) is 47.6 Å². The Bertz CT molecular complexity index is 773. The molecule has 1 fully saturated rings. The quantitative estimate of drug-likeness (QED) is 0.764. The number of rotatable bonds is 7. The third kappa shape index (κ3) is 3.47. The molecule has 5 heteroatoms. The van der Waals surface area contributed by atoms with Gasteiger partial charge >= 0.3 is 0 Å². The maximum atomic E-state index is 12.5. The Labute approximate surface area is 154 Å². The SMILES string of the molecule is C=C(C(=O)NCC1(c2ccc(OC)c(OC)c2)CCCC1)c1ccco1. The average molecular weight is 355 g/mol. The number of benzene rings is 1. The maximum Gasteiger partial charge on any atom is 0.254 e. The van der Waals surface area contributed by atoms with E-state index in [0.717, 1.165) is 31.2 Å². The lowest BCUT2D eigenvalue weighted by molar-refractivity contribution is -0.115. The second kappa shape index (κ2) is 7.68. The second-order valence-corrected chi connectivity index (χ2v) is 6.70. The highest BCUT2D eigenvalue weighted by molar-refractivity contribution is 6.17. The Hall–Kier alpha value is -2.69. The zero-order valence-corrected chi connectivity index (χ0v) is 15.3. The third-order valence-electron chi connectivity index (χ3n) is 5.24. The summed E-state index contributed by atoms with van der Waals surface area (Å²) < 4.78 is 16.1. The molecular weight excluding hydrogens is 330 g/mol. The number of methoxy groups -OCH3 is 2. The lowest BCUT2D eigenvalue weighted by atomic mass is 9.78. The number of hydrogen-bond donors (Lipinski definition) is 1. The molecule has 138 valence electrons. The van der Waals surface area contributed by atoms with Crippen molar-refractivity contribution >= 4 is 11.5 Å². The Morgan fingerprint density at radius 2 is 1.92 bits per heavy atom. The van der Waals surface area contributed by atoms with Gasteiger partial charge in [0.15, 0.2) is 11.5 Å². The van der Waals surface area contributed by atoms with Crippen LogP contribution in [0.3, 0.4) is 0 Å². The monoisotopic (exact) mass is 355 g/mol. The first-order valence-electron chi connectivity index (χ1n) is 8.83. The van der Waals surface area contributed by atoms with Crippen molar-refractivity contribution in [2.24, 2.45) is 0 Å². The van der Waals surface area contributed by atoms with Crippen LogP contribution in [0.5, 0.6) is 11.5 Å². The molecule has 0 saturated heterocycles. The summed E-state index contributed by atoms with van der Waals surface area (Å²) in [6.45, 7) is 4.40. The zero-order chi connectivity index (χ0) is 18.6. The summed E-state index contributed by atoms with van der Waals surface area (Å²) in [5.74, 6) is 1.71. The molecule has 1 heterocycles. The number of nitrogens with one attached hydrogen (secondary N) is 1. The van der Waals surface area contributed by atoms with Gasteiger partial charge in [-0.05, 0) is 42.7 Å². The van der Waals surface area contributed by atoms with E-state index >= 15 is 0 Å². The van der Waals surface area contributed by atoms with E-state index in [-0.39, 0.29) is 11.3 Å². The summed E-state index contributed by atoms with van der Waals surface area (Å²) in [4.78, 5) is 12.5. The molecule has 0 bridgehead atoms. The van der Waals surface area contributed by atoms with Crippen LogP contribution in [-0.4, -0.2) is 26.7 Å².